The second-order valence-electron chi connectivity index (χ2n) is 10.2. The van der Waals surface area contributed by atoms with Gasteiger partial charge in [0.2, 0.25) is 0 Å². The van der Waals surface area contributed by atoms with Crippen LogP contribution in [-0.4, -0.2) is 34.8 Å². The molecule has 1 unspecified atom stereocenters. The van der Waals surface area contributed by atoms with Crippen molar-refractivity contribution in [1.29, 1.82) is 0 Å². The minimum absolute atomic E-state index is 0.750. The summed E-state index contributed by atoms with van der Waals surface area (Å²) in [5, 5.41) is 7.98. The molecular weight excluding hydrogens is 468 g/mol. The molecule has 38 heavy (non-hydrogen) atoms. The number of hydrogen-bond acceptors (Lipinski definition) is 4. The highest BCUT2D eigenvalue weighted by Crippen LogP contribution is 2.38. The van der Waals surface area contributed by atoms with Crippen molar-refractivity contribution in [2.24, 2.45) is 11.8 Å². The van der Waals surface area contributed by atoms with Gasteiger partial charge in [-0.05, 0) is 54.6 Å². The van der Waals surface area contributed by atoms with Gasteiger partial charge in [0.25, 0.3) is 0 Å². The van der Waals surface area contributed by atoms with Crippen molar-refractivity contribution >= 4 is 17.8 Å². The number of rotatable bonds is 10. The van der Waals surface area contributed by atoms with Crippen molar-refractivity contribution < 1.29 is 4.74 Å². The van der Waals surface area contributed by atoms with E-state index in [0.29, 0.717) is 0 Å². The van der Waals surface area contributed by atoms with Crippen LogP contribution in [0.5, 0.6) is 5.75 Å². The zero-order valence-corrected chi connectivity index (χ0v) is 23.8. The topological polar surface area (TPSA) is 51.5 Å². The monoisotopic (exact) mass is 510 g/mol. The molecule has 2 heterocycles. The summed E-state index contributed by atoms with van der Waals surface area (Å²) in [5.74, 6) is 2.36. The van der Waals surface area contributed by atoms with E-state index in [0.717, 1.165) is 63.2 Å². The molecule has 4 aromatic rings. The van der Waals surface area contributed by atoms with Crippen LogP contribution >= 0.6 is 0 Å². The van der Waals surface area contributed by atoms with E-state index in [4.69, 9.17) is 9.72 Å². The smallest absolute Gasteiger partial charge is 0.162 e. The molecule has 2 aromatic heterocycles. The highest BCUT2D eigenvalue weighted by molar-refractivity contribution is 5.90. The number of aryl methyl sites for hydroxylation is 1. The van der Waals surface area contributed by atoms with Gasteiger partial charge in [0.05, 0.1) is 18.9 Å². The molecule has 0 aliphatic rings. The average Bonchev–Trinajstić information content (AvgIpc) is 3.35. The molecule has 200 valence electrons. The fourth-order valence-corrected chi connectivity index (χ4v) is 4.17. The minimum atomic E-state index is 0.750. The molecule has 0 aliphatic carbocycles. The van der Waals surface area contributed by atoms with Gasteiger partial charge in [-0.25, -0.2) is 9.50 Å². The number of methoxy groups -OCH3 is 1. The van der Waals surface area contributed by atoms with E-state index in [-0.39, 0.29) is 0 Å². The summed E-state index contributed by atoms with van der Waals surface area (Å²) in [4.78, 5) is 4.71. The Hall–Kier alpha value is -3.70. The van der Waals surface area contributed by atoms with Crippen molar-refractivity contribution in [3.63, 3.8) is 0 Å². The summed E-state index contributed by atoms with van der Waals surface area (Å²) in [6, 6.07) is 12.3. The summed E-state index contributed by atoms with van der Waals surface area (Å²) in [6.45, 7) is 21.3. The summed E-state index contributed by atoms with van der Waals surface area (Å²) in [6.07, 6.45) is 10.6. The SMILES string of the molecule is C=Cc1ccc(OC)c(-c2cnn3cc(-c4ccc(C)cc4)cnc23)c1C=C.CCC(C)CNCC(C)C. The van der Waals surface area contributed by atoms with Crippen LogP contribution in [0, 0.1) is 18.8 Å². The van der Waals surface area contributed by atoms with E-state index < -0.39 is 0 Å². The number of nitrogens with zero attached hydrogens (tertiary/aromatic N) is 3. The molecule has 0 saturated carbocycles. The number of nitrogens with one attached hydrogen (secondary N) is 1. The maximum absolute atomic E-state index is 5.62. The van der Waals surface area contributed by atoms with Crippen LogP contribution in [0.25, 0.3) is 40.1 Å². The fourth-order valence-electron chi connectivity index (χ4n) is 4.17. The first-order chi connectivity index (χ1) is 18.3. The Morgan fingerprint density at radius 2 is 1.71 bits per heavy atom. The molecule has 5 heteroatoms. The third-order valence-electron chi connectivity index (χ3n) is 6.64. The minimum Gasteiger partial charge on any atom is -0.496 e. The second-order valence-corrected chi connectivity index (χ2v) is 10.2. The van der Waals surface area contributed by atoms with Crippen molar-refractivity contribution in [3.05, 3.63) is 84.8 Å². The first-order valence-corrected chi connectivity index (χ1v) is 13.4. The van der Waals surface area contributed by atoms with Crippen molar-refractivity contribution in [2.75, 3.05) is 20.2 Å². The number of ether oxygens (including phenoxy) is 1. The lowest BCUT2D eigenvalue weighted by atomic mass is 9.95. The van der Waals surface area contributed by atoms with Crippen molar-refractivity contribution in [3.8, 4) is 28.0 Å². The summed E-state index contributed by atoms with van der Waals surface area (Å²) in [5.41, 5.74) is 7.86. The van der Waals surface area contributed by atoms with Crippen LogP contribution in [0.4, 0.5) is 0 Å². The molecule has 0 aliphatic heterocycles. The van der Waals surface area contributed by atoms with E-state index in [9.17, 15) is 0 Å². The molecule has 2 aromatic carbocycles. The summed E-state index contributed by atoms with van der Waals surface area (Å²) >= 11 is 0. The van der Waals surface area contributed by atoms with E-state index in [2.05, 4.69) is 82.5 Å². The normalized spacial score (nSPS) is 11.7. The largest absolute Gasteiger partial charge is 0.496 e. The van der Waals surface area contributed by atoms with Crippen LogP contribution < -0.4 is 10.1 Å². The highest BCUT2D eigenvalue weighted by Gasteiger charge is 2.18. The Morgan fingerprint density at radius 3 is 2.32 bits per heavy atom. The molecule has 0 spiro atoms. The first-order valence-electron chi connectivity index (χ1n) is 13.4. The maximum Gasteiger partial charge on any atom is 0.162 e. The Morgan fingerprint density at radius 1 is 0.974 bits per heavy atom. The number of aromatic nitrogens is 3. The van der Waals surface area contributed by atoms with Gasteiger partial charge in [0.1, 0.15) is 5.75 Å². The Labute approximate surface area is 228 Å². The molecular formula is C33H42N4O. The number of fused-ring (bicyclic) bond motifs is 1. The van der Waals surface area contributed by atoms with E-state index >= 15 is 0 Å². The van der Waals surface area contributed by atoms with Crippen molar-refractivity contribution in [1.82, 2.24) is 19.9 Å². The van der Waals surface area contributed by atoms with Crippen LogP contribution in [-0.2, 0) is 0 Å². The van der Waals surface area contributed by atoms with Crippen LogP contribution in [0.3, 0.4) is 0 Å². The van der Waals surface area contributed by atoms with E-state index in [1.165, 1.54) is 18.5 Å². The summed E-state index contributed by atoms with van der Waals surface area (Å²) in [7, 11) is 1.66. The molecule has 0 radical (unpaired) electrons. The highest BCUT2D eigenvalue weighted by atomic mass is 16.5. The van der Waals surface area contributed by atoms with Crippen LogP contribution in [0.1, 0.15) is 50.8 Å². The predicted octanol–water partition coefficient (Wildman–Crippen LogP) is 7.94. The average molecular weight is 511 g/mol. The van der Waals surface area contributed by atoms with E-state index in [1.807, 2.05) is 42.9 Å². The second kappa shape index (κ2) is 13.7. The first kappa shape index (κ1) is 28.9. The number of hydrogen-bond donors (Lipinski definition) is 1. The van der Waals surface area contributed by atoms with Gasteiger partial charge in [-0.3, -0.25) is 0 Å². The Balaban J connectivity index is 0.000000342. The van der Waals surface area contributed by atoms with Gasteiger partial charge in [-0.1, -0.05) is 95.3 Å². The predicted molar refractivity (Wildman–Crippen MR) is 162 cm³/mol. The molecule has 0 fully saturated rings. The molecule has 1 N–H and O–H groups in total. The summed E-state index contributed by atoms with van der Waals surface area (Å²) < 4.78 is 7.42. The van der Waals surface area contributed by atoms with Gasteiger partial charge >= 0.3 is 0 Å². The van der Waals surface area contributed by atoms with Gasteiger partial charge in [-0.15, -0.1) is 0 Å². The Kier molecular flexibility index (Phi) is 10.4. The third kappa shape index (κ3) is 6.99. The lowest BCUT2D eigenvalue weighted by Gasteiger charge is -2.13. The lowest BCUT2D eigenvalue weighted by Crippen LogP contribution is -2.24. The van der Waals surface area contributed by atoms with Crippen LogP contribution in [0.2, 0.25) is 0 Å². The van der Waals surface area contributed by atoms with Crippen molar-refractivity contribution in [2.45, 2.75) is 41.0 Å². The zero-order valence-electron chi connectivity index (χ0n) is 23.8. The van der Waals surface area contributed by atoms with Gasteiger partial charge in [-0.2, -0.15) is 5.10 Å². The van der Waals surface area contributed by atoms with Gasteiger partial charge in [0, 0.05) is 23.5 Å². The van der Waals surface area contributed by atoms with Crippen LogP contribution in [0.15, 0.2) is 68.1 Å². The Bertz CT molecular complexity index is 1350. The fraction of sp³-hybridized carbons (Fsp3) is 0.333. The zero-order chi connectivity index (χ0) is 27.7. The molecule has 1 atom stereocenters. The van der Waals surface area contributed by atoms with Gasteiger partial charge in [0.15, 0.2) is 5.65 Å². The quantitative estimate of drug-likeness (QED) is 0.235. The van der Waals surface area contributed by atoms with Gasteiger partial charge < -0.3 is 10.1 Å². The molecule has 0 amide bonds. The molecule has 0 saturated heterocycles. The molecule has 0 bridgehead atoms. The van der Waals surface area contributed by atoms with E-state index in [1.54, 1.807) is 11.6 Å². The standard InChI is InChI=1S/C24H21N3O.C9H21N/c1-5-17-11-12-22(28-4)23(20(17)6-2)21-14-26-27-15-19(13-25-24(21)27)18-9-7-16(3)8-10-18;1-5-9(4)7-10-6-8(2)3/h5-15H,1-2H2,3-4H3;8-10H,5-7H2,1-4H3. The molecule has 5 nitrogen and oxygen atoms in total. The third-order valence-corrected chi connectivity index (χ3v) is 6.64. The molecule has 4 rings (SSSR count). The maximum atomic E-state index is 5.62. The number of benzene rings is 2. The lowest BCUT2D eigenvalue weighted by molar-refractivity contribution is 0.416.